The van der Waals surface area contributed by atoms with E-state index in [1.165, 1.54) is 25.7 Å². The predicted octanol–water partition coefficient (Wildman–Crippen LogP) is 2.82. The Morgan fingerprint density at radius 2 is 2.12 bits per heavy atom. The van der Waals surface area contributed by atoms with Crippen LogP contribution in [0.2, 0.25) is 0 Å². The van der Waals surface area contributed by atoms with E-state index >= 15 is 0 Å². The quantitative estimate of drug-likeness (QED) is 0.850. The van der Waals surface area contributed by atoms with Crippen molar-refractivity contribution >= 4 is 0 Å². The number of nitrogens with zero attached hydrogens (tertiary/aromatic N) is 2. The van der Waals surface area contributed by atoms with E-state index in [2.05, 4.69) is 34.9 Å². The van der Waals surface area contributed by atoms with Gasteiger partial charge in [-0.2, -0.15) is 0 Å². The molecule has 0 unspecified atom stereocenters. The summed E-state index contributed by atoms with van der Waals surface area (Å²) in [6.45, 7) is 7.61. The summed E-state index contributed by atoms with van der Waals surface area (Å²) in [6.07, 6.45) is 9.57. The van der Waals surface area contributed by atoms with Gasteiger partial charge in [0.2, 0.25) is 0 Å². The fourth-order valence-corrected chi connectivity index (χ4v) is 2.72. The highest BCUT2D eigenvalue weighted by Crippen LogP contribution is 2.27. The number of rotatable bonds is 5. The molecule has 1 saturated carbocycles. The number of imidazole rings is 1. The molecule has 0 spiro atoms. The third kappa shape index (κ3) is 3.56. The first kappa shape index (κ1) is 12.6. The van der Waals surface area contributed by atoms with Crippen molar-refractivity contribution in [2.24, 2.45) is 11.8 Å². The molecule has 0 saturated heterocycles. The van der Waals surface area contributed by atoms with Crippen LogP contribution in [0, 0.1) is 11.8 Å². The molecule has 0 bridgehead atoms. The number of nitrogens with one attached hydrogen (secondary N) is 1. The van der Waals surface area contributed by atoms with E-state index in [-0.39, 0.29) is 0 Å². The minimum Gasteiger partial charge on any atom is -0.334 e. The molecule has 96 valence electrons. The zero-order chi connectivity index (χ0) is 12.1. The third-order valence-corrected chi connectivity index (χ3v) is 3.99. The van der Waals surface area contributed by atoms with Crippen molar-refractivity contribution in [1.29, 1.82) is 0 Å². The van der Waals surface area contributed by atoms with Crippen molar-refractivity contribution in [3.63, 3.8) is 0 Å². The molecule has 0 aromatic carbocycles. The van der Waals surface area contributed by atoms with Gasteiger partial charge in [-0.1, -0.05) is 19.8 Å². The van der Waals surface area contributed by atoms with Gasteiger partial charge in [-0.25, -0.2) is 4.98 Å². The lowest BCUT2D eigenvalue weighted by molar-refractivity contribution is 0.280. The minimum atomic E-state index is 0.885. The van der Waals surface area contributed by atoms with Crippen LogP contribution >= 0.6 is 0 Å². The number of aromatic nitrogens is 2. The van der Waals surface area contributed by atoms with E-state index in [1.807, 2.05) is 6.20 Å². The SMILES string of the molecule is CCn1ccnc1CNCC1CCC(C)CC1. The Morgan fingerprint density at radius 3 is 2.82 bits per heavy atom. The predicted molar refractivity (Wildman–Crippen MR) is 70.7 cm³/mol. The van der Waals surface area contributed by atoms with E-state index in [0.29, 0.717) is 0 Å². The third-order valence-electron chi connectivity index (χ3n) is 3.99. The van der Waals surface area contributed by atoms with Crippen LogP contribution in [0.25, 0.3) is 0 Å². The molecule has 2 rings (SSSR count). The van der Waals surface area contributed by atoms with Crippen molar-refractivity contribution in [1.82, 2.24) is 14.9 Å². The molecule has 3 nitrogen and oxygen atoms in total. The zero-order valence-electron chi connectivity index (χ0n) is 11.2. The Morgan fingerprint density at radius 1 is 1.35 bits per heavy atom. The highest BCUT2D eigenvalue weighted by Gasteiger charge is 2.17. The molecule has 1 aromatic heterocycles. The molecule has 1 aromatic rings. The molecule has 1 fully saturated rings. The van der Waals surface area contributed by atoms with Crippen LogP contribution in [0.3, 0.4) is 0 Å². The van der Waals surface area contributed by atoms with Crippen molar-refractivity contribution in [2.45, 2.75) is 52.6 Å². The molecule has 1 aliphatic carbocycles. The molecule has 0 atom stereocenters. The standard InChI is InChI=1S/C14H25N3/c1-3-17-9-8-16-14(17)11-15-10-13-6-4-12(2)5-7-13/h8-9,12-13,15H,3-7,10-11H2,1-2H3. The fourth-order valence-electron chi connectivity index (χ4n) is 2.72. The summed E-state index contributed by atoms with van der Waals surface area (Å²) in [4.78, 5) is 4.38. The van der Waals surface area contributed by atoms with Gasteiger partial charge in [0.05, 0.1) is 6.54 Å². The molecule has 0 amide bonds. The maximum Gasteiger partial charge on any atom is 0.122 e. The summed E-state index contributed by atoms with van der Waals surface area (Å²) < 4.78 is 2.20. The molecule has 0 radical (unpaired) electrons. The Hall–Kier alpha value is -0.830. The first-order chi connectivity index (χ1) is 8.29. The van der Waals surface area contributed by atoms with Gasteiger partial charge in [0, 0.05) is 18.9 Å². The Labute approximate surface area is 105 Å². The minimum absolute atomic E-state index is 0.885. The van der Waals surface area contributed by atoms with Gasteiger partial charge in [-0.05, 0) is 38.1 Å². The summed E-state index contributed by atoms with van der Waals surface area (Å²) in [5, 5.41) is 3.56. The van der Waals surface area contributed by atoms with Gasteiger partial charge >= 0.3 is 0 Å². The van der Waals surface area contributed by atoms with Gasteiger partial charge in [-0.15, -0.1) is 0 Å². The van der Waals surface area contributed by atoms with Crippen LogP contribution in [-0.2, 0) is 13.1 Å². The maximum absolute atomic E-state index is 4.38. The number of aryl methyl sites for hydroxylation is 1. The van der Waals surface area contributed by atoms with Crippen LogP contribution < -0.4 is 5.32 Å². The lowest BCUT2D eigenvalue weighted by atomic mass is 9.83. The number of hydrogen-bond donors (Lipinski definition) is 1. The van der Waals surface area contributed by atoms with Crippen LogP contribution in [0.4, 0.5) is 0 Å². The van der Waals surface area contributed by atoms with Gasteiger partial charge in [0.15, 0.2) is 0 Å². The summed E-state index contributed by atoms with van der Waals surface area (Å²) in [7, 11) is 0. The summed E-state index contributed by atoms with van der Waals surface area (Å²) in [6, 6.07) is 0. The summed E-state index contributed by atoms with van der Waals surface area (Å²) in [5.41, 5.74) is 0. The highest BCUT2D eigenvalue weighted by molar-refractivity contribution is 4.91. The lowest BCUT2D eigenvalue weighted by Gasteiger charge is -2.26. The average Bonchev–Trinajstić information content (AvgIpc) is 2.79. The van der Waals surface area contributed by atoms with Crippen LogP contribution in [0.1, 0.15) is 45.4 Å². The molecule has 0 aliphatic heterocycles. The van der Waals surface area contributed by atoms with Crippen molar-refractivity contribution in [3.05, 3.63) is 18.2 Å². The largest absolute Gasteiger partial charge is 0.334 e. The van der Waals surface area contributed by atoms with Gasteiger partial charge < -0.3 is 9.88 Å². The molecule has 3 heteroatoms. The van der Waals surface area contributed by atoms with E-state index in [0.717, 1.165) is 37.3 Å². The Kier molecular flexibility index (Phi) is 4.60. The second-order valence-corrected chi connectivity index (χ2v) is 5.39. The first-order valence-electron chi connectivity index (χ1n) is 7.00. The van der Waals surface area contributed by atoms with E-state index in [4.69, 9.17) is 0 Å². The topological polar surface area (TPSA) is 29.9 Å². The second-order valence-electron chi connectivity index (χ2n) is 5.39. The van der Waals surface area contributed by atoms with E-state index in [1.54, 1.807) is 0 Å². The summed E-state index contributed by atoms with van der Waals surface area (Å²) in [5.74, 6) is 3.00. The molecule has 17 heavy (non-hydrogen) atoms. The molecule has 1 aliphatic rings. The van der Waals surface area contributed by atoms with E-state index < -0.39 is 0 Å². The Bertz CT molecular complexity index is 324. The zero-order valence-corrected chi connectivity index (χ0v) is 11.2. The first-order valence-corrected chi connectivity index (χ1v) is 7.00. The lowest BCUT2D eigenvalue weighted by Crippen LogP contribution is -2.26. The van der Waals surface area contributed by atoms with Crippen LogP contribution in [0.5, 0.6) is 0 Å². The highest BCUT2D eigenvalue weighted by atomic mass is 15.1. The van der Waals surface area contributed by atoms with Crippen LogP contribution in [-0.4, -0.2) is 16.1 Å². The maximum atomic E-state index is 4.38. The van der Waals surface area contributed by atoms with Crippen molar-refractivity contribution in [3.8, 4) is 0 Å². The van der Waals surface area contributed by atoms with Crippen LogP contribution in [0.15, 0.2) is 12.4 Å². The molecular formula is C14H25N3. The van der Waals surface area contributed by atoms with E-state index in [9.17, 15) is 0 Å². The summed E-state index contributed by atoms with van der Waals surface area (Å²) >= 11 is 0. The normalized spacial score (nSPS) is 25.1. The molecule has 1 heterocycles. The van der Waals surface area contributed by atoms with Crippen molar-refractivity contribution in [2.75, 3.05) is 6.54 Å². The molecular weight excluding hydrogens is 210 g/mol. The van der Waals surface area contributed by atoms with Gasteiger partial charge in [-0.3, -0.25) is 0 Å². The fraction of sp³-hybridized carbons (Fsp3) is 0.786. The smallest absolute Gasteiger partial charge is 0.122 e. The van der Waals surface area contributed by atoms with Crippen molar-refractivity contribution < 1.29 is 0 Å². The molecule has 1 N–H and O–H groups in total. The average molecular weight is 235 g/mol. The van der Waals surface area contributed by atoms with Gasteiger partial charge in [0.25, 0.3) is 0 Å². The number of hydrogen-bond acceptors (Lipinski definition) is 2. The van der Waals surface area contributed by atoms with Gasteiger partial charge in [0.1, 0.15) is 5.82 Å². The Balaban J connectivity index is 1.69. The second kappa shape index (κ2) is 6.20. The monoisotopic (exact) mass is 235 g/mol.